The fraction of sp³-hybridized carbons (Fsp3) is 0.273. The Hall–Kier alpha value is -3.46. The highest BCUT2D eigenvalue weighted by atomic mass is 35.5. The van der Waals surface area contributed by atoms with Crippen molar-refractivity contribution in [3.63, 3.8) is 0 Å². The number of nitrogens with zero attached hydrogens (tertiary/aromatic N) is 1. The molecule has 2 aromatic rings. The SMILES string of the molecule is O=C1CCCC(N2Cc3cc(CNC(=O)Nc4ccc(F)c(Cl)c4)ccc3C2=O)C(=O)N1. The first-order chi connectivity index (χ1) is 15.3. The number of rotatable bonds is 4. The number of halogens is 2. The number of nitrogens with one attached hydrogen (secondary N) is 3. The van der Waals surface area contributed by atoms with Crippen molar-refractivity contribution in [2.75, 3.05) is 5.32 Å². The van der Waals surface area contributed by atoms with E-state index in [0.717, 1.165) is 17.2 Å². The quantitative estimate of drug-likeness (QED) is 0.612. The molecular formula is C22H20ClFN4O4. The van der Waals surface area contributed by atoms with Gasteiger partial charge in [-0.1, -0.05) is 23.7 Å². The van der Waals surface area contributed by atoms with Gasteiger partial charge in [0.15, 0.2) is 0 Å². The highest BCUT2D eigenvalue weighted by Gasteiger charge is 2.37. The molecule has 0 aliphatic carbocycles. The molecule has 166 valence electrons. The molecule has 2 aliphatic heterocycles. The van der Waals surface area contributed by atoms with Gasteiger partial charge in [-0.25, -0.2) is 9.18 Å². The van der Waals surface area contributed by atoms with Gasteiger partial charge in [0.1, 0.15) is 11.9 Å². The van der Waals surface area contributed by atoms with E-state index in [2.05, 4.69) is 16.0 Å². The van der Waals surface area contributed by atoms with Crippen LogP contribution in [0.2, 0.25) is 5.02 Å². The Labute approximate surface area is 188 Å². The van der Waals surface area contributed by atoms with Crippen molar-refractivity contribution in [2.45, 2.75) is 38.4 Å². The lowest BCUT2D eigenvalue weighted by Gasteiger charge is -2.24. The molecule has 32 heavy (non-hydrogen) atoms. The van der Waals surface area contributed by atoms with Crippen molar-refractivity contribution in [1.82, 2.24) is 15.5 Å². The first-order valence-electron chi connectivity index (χ1n) is 10.1. The van der Waals surface area contributed by atoms with Crippen LogP contribution in [-0.2, 0) is 22.7 Å². The molecule has 1 unspecified atom stereocenters. The third-order valence-corrected chi connectivity index (χ3v) is 5.74. The average Bonchev–Trinajstić information content (AvgIpc) is 2.97. The normalized spacial score (nSPS) is 18.1. The molecule has 2 aromatic carbocycles. The summed E-state index contributed by atoms with van der Waals surface area (Å²) in [4.78, 5) is 50.3. The fourth-order valence-corrected chi connectivity index (χ4v) is 4.04. The zero-order valence-electron chi connectivity index (χ0n) is 16.9. The van der Waals surface area contributed by atoms with Crippen LogP contribution >= 0.6 is 11.6 Å². The summed E-state index contributed by atoms with van der Waals surface area (Å²) in [5.41, 5.74) is 2.38. The number of anilines is 1. The van der Waals surface area contributed by atoms with E-state index in [1.54, 1.807) is 12.1 Å². The Bertz CT molecular complexity index is 1120. The van der Waals surface area contributed by atoms with Crippen LogP contribution in [0.15, 0.2) is 36.4 Å². The third-order valence-electron chi connectivity index (χ3n) is 5.46. The summed E-state index contributed by atoms with van der Waals surface area (Å²) in [5.74, 6) is -1.60. The molecule has 0 saturated carbocycles. The summed E-state index contributed by atoms with van der Waals surface area (Å²) in [7, 11) is 0. The van der Waals surface area contributed by atoms with E-state index in [-0.39, 0.29) is 36.3 Å². The van der Waals surface area contributed by atoms with Crippen molar-refractivity contribution < 1.29 is 23.6 Å². The van der Waals surface area contributed by atoms with Crippen molar-refractivity contribution in [1.29, 1.82) is 0 Å². The van der Waals surface area contributed by atoms with Crippen LogP contribution in [0.3, 0.4) is 0 Å². The molecule has 1 atom stereocenters. The number of benzene rings is 2. The van der Waals surface area contributed by atoms with Gasteiger partial charge >= 0.3 is 6.03 Å². The molecule has 10 heteroatoms. The van der Waals surface area contributed by atoms with Crippen LogP contribution in [0.1, 0.15) is 40.7 Å². The van der Waals surface area contributed by atoms with Gasteiger partial charge in [0.2, 0.25) is 11.8 Å². The Morgan fingerprint density at radius 3 is 2.78 bits per heavy atom. The minimum absolute atomic E-state index is 0.0950. The maximum atomic E-state index is 13.2. The average molecular weight is 459 g/mol. The number of fused-ring (bicyclic) bond motifs is 1. The van der Waals surface area contributed by atoms with Crippen LogP contribution in [0, 0.1) is 5.82 Å². The molecule has 0 bridgehead atoms. The molecule has 0 radical (unpaired) electrons. The Balaban J connectivity index is 1.39. The Kier molecular flexibility index (Phi) is 6.09. The molecule has 0 spiro atoms. The van der Waals surface area contributed by atoms with Crippen molar-refractivity contribution in [2.24, 2.45) is 0 Å². The lowest BCUT2D eigenvalue weighted by molar-refractivity contribution is -0.132. The van der Waals surface area contributed by atoms with E-state index in [1.165, 1.54) is 17.0 Å². The number of carbonyl (C=O) groups excluding carboxylic acids is 4. The number of imide groups is 1. The third kappa shape index (κ3) is 4.57. The summed E-state index contributed by atoms with van der Waals surface area (Å²) < 4.78 is 13.2. The minimum Gasteiger partial charge on any atom is -0.334 e. The number of carbonyl (C=O) groups is 4. The second-order valence-corrected chi connectivity index (χ2v) is 8.09. The smallest absolute Gasteiger partial charge is 0.319 e. The zero-order valence-corrected chi connectivity index (χ0v) is 17.7. The van der Waals surface area contributed by atoms with E-state index >= 15 is 0 Å². The molecule has 3 N–H and O–H groups in total. The van der Waals surface area contributed by atoms with Crippen LogP contribution in [0.25, 0.3) is 0 Å². The highest BCUT2D eigenvalue weighted by Crippen LogP contribution is 2.28. The Morgan fingerprint density at radius 1 is 1.19 bits per heavy atom. The van der Waals surface area contributed by atoms with E-state index in [0.29, 0.717) is 24.1 Å². The molecule has 2 heterocycles. The summed E-state index contributed by atoms with van der Waals surface area (Å²) >= 11 is 5.71. The molecule has 2 aliphatic rings. The van der Waals surface area contributed by atoms with E-state index in [4.69, 9.17) is 11.6 Å². The summed E-state index contributed by atoms with van der Waals surface area (Å²) in [6.07, 6.45) is 1.23. The van der Waals surface area contributed by atoms with Gasteiger partial charge in [0.05, 0.1) is 5.02 Å². The van der Waals surface area contributed by atoms with Gasteiger partial charge in [-0.05, 0) is 48.2 Å². The predicted octanol–water partition coefficient (Wildman–Crippen LogP) is 2.95. The highest BCUT2D eigenvalue weighted by molar-refractivity contribution is 6.31. The number of amides is 5. The molecular weight excluding hydrogens is 439 g/mol. The lowest BCUT2D eigenvalue weighted by Crippen LogP contribution is -2.46. The van der Waals surface area contributed by atoms with Crippen LogP contribution in [0.4, 0.5) is 14.9 Å². The fourth-order valence-electron chi connectivity index (χ4n) is 3.86. The molecule has 1 saturated heterocycles. The largest absolute Gasteiger partial charge is 0.334 e. The van der Waals surface area contributed by atoms with Crippen molar-refractivity contribution in [3.8, 4) is 0 Å². The van der Waals surface area contributed by atoms with Crippen molar-refractivity contribution in [3.05, 3.63) is 63.9 Å². The number of urea groups is 1. The predicted molar refractivity (Wildman–Crippen MR) is 114 cm³/mol. The maximum absolute atomic E-state index is 13.2. The van der Waals surface area contributed by atoms with Crippen LogP contribution < -0.4 is 16.0 Å². The second kappa shape index (κ2) is 8.96. The molecule has 4 rings (SSSR count). The van der Waals surface area contributed by atoms with Gasteiger partial charge < -0.3 is 15.5 Å². The van der Waals surface area contributed by atoms with E-state index in [9.17, 15) is 23.6 Å². The molecule has 5 amide bonds. The van der Waals surface area contributed by atoms with Gasteiger partial charge in [-0.15, -0.1) is 0 Å². The Morgan fingerprint density at radius 2 is 2.00 bits per heavy atom. The van der Waals surface area contributed by atoms with Gasteiger partial charge in [-0.2, -0.15) is 0 Å². The summed E-state index contributed by atoms with van der Waals surface area (Å²) in [6, 6.07) is 7.89. The standard InChI is InChI=1S/C22H20ClFN4O4/c23-16-9-14(5-7-17(16)24)26-22(32)25-10-12-4-6-15-13(8-12)11-28(21(15)31)18-2-1-3-19(29)27-20(18)30/h4-9,18H,1-3,10-11H2,(H2,25,26,32)(H,27,29,30). The number of hydrogen-bond acceptors (Lipinski definition) is 4. The first kappa shape index (κ1) is 21.8. The number of hydrogen-bond donors (Lipinski definition) is 3. The topological polar surface area (TPSA) is 108 Å². The molecule has 0 aromatic heterocycles. The minimum atomic E-state index is -0.684. The maximum Gasteiger partial charge on any atom is 0.319 e. The van der Waals surface area contributed by atoms with Crippen LogP contribution in [0.5, 0.6) is 0 Å². The lowest BCUT2D eigenvalue weighted by atomic mass is 10.1. The molecule has 8 nitrogen and oxygen atoms in total. The monoisotopic (exact) mass is 458 g/mol. The van der Waals surface area contributed by atoms with Gasteiger partial charge in [0.25, 0.3) is 5.91 Å². The van der Waals surface area contributed by atoms with Crippen LogP contribution in [-0.4, -0.2) is 34.7 Å². The van der Waals surface area contributed by atoms with Gasteiger partial charge in [0, 0.05) is 30.8 Å². The summed E-state index contributed by atoms with van der Waals surface area (Å²) in [6.45, 7) is 0.454. The van der Waals surface area contributed by atoms with Gasteiger partial charge in [-0.3, -0.25) is 19.7 Å². The second-order valence-electron chi connectivity index (χ2n) is 7.68. The first-order valence-corrected chi connectivity index (χ1v) is 10.5. The van der Waals surface area contributed by atoms with E-state index < -0.39 is 23.8 Å². The molecule has 1 fully saturated rings. The summed E-state index contributed by atoms with van der Waals surface area (Å²) in [5, 5.41) is 7.50. The van der Waals surface area contributed by atoms with Crippen molar-refractivity contribution >= 4 is 41.0 Å². The zero-order chi connectivity index (χ0) is 22.8. The van der Waals surface area contributed by atoms with E-state index in [1.807, 2.05) is 6.07 Å².